The van der Waals surface area contributed by atoms with Crippen LogP contribution in [0.4, 0.5) is 0 Å². The summed E-state index contributed by atoms with van der Waals surface area (Å²) in [7, 11) is 3.76. The van der Waals surface area contributed by atoms with E-state index < -0.39 is 0 Å². The number of fused-ring (bicyclic) bond motifs is 3. The molecule has 2 aliphatic rings. The molecule has 0 amide bonds. The maximum absolute atomic E-state index is 12.5. The molecule has 0 N–H and O–H groups in total. The van der Waals surface area contributed by atoms with Crippen molar-refractivity contribution in [3.63, 3.8) is 0 Å². The number of hydrogen-bond acceptors (Lipinski definition) is 4. The number of ether oxygens (including phenoxy) is 2. The lowest BCUT2D eigenvalue weighted by Gasteiger charge is -2.46. The maximum Gasteiger partial charge on any atom is 0.325 e. The smallest absolute Gasteiger partial charge is 0.325 e. The van der Waals surface area contributed by atoms with Gasteiger partial charge in [0.15, 0.2) is 0 Å². The van der Waals surface area contributed by atoms with Gasteiger partial charge >= 0.3 is 5.97 Å². The maximum atomic E-state index is 12.5. The van der Waals surface area contributed by atoms with Crippen LogP contribution in [0.15, 0.2) is 23.8 Å². The third kappa shape index (κ3) is 5.03. The van der Waals surface area contributed by atoms with Crippen LogP contribution in [0, 0.1) is 5.92 Å². The average molecular weight is 400 g/mol. The van der Waals surface area contributed by atoms with Crippen molar-refractivity contribution in [1.29, 1.82) is 0 Å². The number of rotatable bonds is 7. The van der Waals surface area contributed by atoms with Crippen molar-refractivity contribution in [3.05, 3.63) is 34.9 Å². The van der Waals surface area contributed by atoms with Gasteiger partial charge in [0.1, 0.15) is 17.1 Å². The molecule has 1 aliphatic carbocycles. The Morgan fingerprint density at radius 2 is 2.03 bits per heavy atom. The van der Waals surface area contributed by atoms with Crippen LogP contribution in [0.3, 0.4) is 0 Å². The molecule has 0 saturated carbocycles. The second-order valence-electron chi connectivity index (χ2n) is 9.56. The Hall–Kier alpha value is -1.81. The quantitative estimate of drug-likeness (QED) is 0.263. The number of likely N-dealkylation sites (N-methyl/N-ethyl adjacent to an activating group) is 1. The van der Waals surface area contributed by atoms with Gasteiger partial charge in [-0.1, -0.05) is 31.4 Å². The first-order chi connectivity index (χ1) is 13.7. The summed E-state index contributed by atoms with van der Waals surface area (Å²) in [6.07, 6.45) is 9.08. The van der Waals surface area contributed by atoms with Gasteiger partial charge < -0.3 is 9.47 Å². The van der Waals surface area contributed by atoms with Crippen molar-refractivity contribution < 1.29 is 14.3 Å². The number of unbranched alkanes of at least 4 members (excludes halogenated alkanes) is 2. The van der Waals surface area contributed by atoms with Crippen LogP contribution in [-0.2, 0) is 11.2 Å². The molecule has 1 aromatic rings. The van der Waals surface area contributed by atoms with E-state index in [1.165, 1.54) is 24.0 Å². The molecule has 0 radical (unpaired) electrons. The Morgan fingerprint density at radius 1 is 1.28 bits per heavy atom. The Balaban J connectivity index is 2.04. The van der Waals surface area contributed by atoms with E-state index in [4.69, 9.17) is 9.47 Å². The highest BCUT2D eigenvalue weighted by molar-refractivity contribution is 5.75. The summed E-state index contributed by atoms with van der Waals surface area (Å²) < 4.78 is 12.5. The Labute approximate surface area is 176 Å². The lowest BCUT2D eigenvalue weighted by Crippen LogP contribution is -2.45. The fraction of sp³-hybridized carbons (Fsp3) is 0.640. The van der Waals surface area contributed by atoms with Crippen LogP contribution in [0.2, 0.25) is 0 Å². The van der Waals surface area contributed by atoms with Crippen LogP contribution in [0.5, 0.6) is 11.5 Å². The van der Waals surface area contributed by atoms with Gasteiger partial charge in [-0.25, -0.2) is 0 Å². The number of benzene rings is 1. The van der Waals surface area contributed by atoms with Gasteiger partial charge in [0.2, 0.25) is 0 Å². The summed E-state index contributed by atoms with van der Waals surface area (Å²) >= 11 is 0. The van der Waals surface area contributed by atoms with E-state index in [9.17, 15) is 4.79 Å². The second kappa shape index (κ2) is 8.91. The van der Waals surface area contributed by atoms with Crippen molar-refractivity contribution >= 4 is 5.97 Å². The average Bonchev–Trinajstić information content (AvgIpc) is 2.60. The highest BCUT2D eigenvalue weighted by Crippen LogP contribution is 2.53. The van der Waals surface area contributed by atoms with Crippen molar-refractivity contribution in [2.24, 2.45) is 5.92 Å². The predicted molar refractivity (Wildman–Crippen MR) is 118 cm³/mol. The van der Waals surface area contributed by atoms with E-state index in [1.54, 1.807) is 0 Å². The SMILES string of the molecule is CCCCCc1cc(OC(=O)CN(C)C)c2c(c1)OC(C)(C)[C@H]1CCC(C)=CC21. The first-order valence-electron chi connectivity index (χ1n) is 11.1. The monoisotopic (exact) mass is 399 g/mol. The zero-order valence-corrected chi connectivity index (χ0v) is 19.0. The van der Waals surface area contributed by atoms with Crippen molar-refractivity contribution in [1.82, 2.24) is 4.90 Å². The zero-order chi connectivity index (χ0) is 21.2. The lowest BCUT2D eigenvalue weighted by atomic mass is 9.68. The van der Waals surface area contributed by atoms with Gasteiger partial charge in [-0.2, -0.15) is 0 Å². The van der Waals surface area contributed by atoms with Crippen LogP contribution < -0.4 is 9.47 Å². The normalized spacial score (nSPS) is 22.4. The van der Waals surface area contributed by atoms with Gasteiger partial charge in [0, 0.05) is 17.4 Å². The summed E-state index contributed by atoms with van der Waals surface area (Å²) in [5.74, 6) is 1.98. The molecule has 2 atom stereocenters. The number of esters is 1. The first kappa shape index (κ1) is 21.9. The highest BCUT2D eigenvalue weighted by atomic mass is 16.5. The molecule has 160 valence electrons. The molecule has 4 nitrogen and oxygen atoms in total. The molecule has 1 aliphatic heterocycles. The van der Waals surface area contributed by atoms with Crippen molar-refractivity contribution in [2.75, 3.05) is 20.6 Å². The molecular weight excluding hydrogens is 362 g/mol. The van der Waals surface area contributed by atoms with E-state index in [2.05, 4.69) is 45.9 Å². The molecule has 0 fully saturated rings. The van der Waals surface area contributed by atoms with E-state index in [0.717, 1.165) is 37.0 Å². The van der Waals surface area contributed by atoms with Gasteiger partial charge in [-0.3, -0.25) is 9.69 Å². The Bertz CT molecular complexity index is 779. The molecule has 1 aromatic carbocycles. The van der Waals surface area contributed by atoms with E-state index >= 15 is 0 Å². The summed E-state index contributed by atoms with van der Waals surface area (Å²) in [6, 6.07) is 4.27. The number of hydrogen-bond donors (Lipinski definition) is 0. The molecule has 0 saturated heterocycles. The second-order valence-corrected chi connectivity index (χ2v) is 9.56. The number of carbonyl (C=O) groups is 1. The van der Waals surface area contributed by atoms with E-state index in [1.807, 2.05) is 19.0 Å². The molecule has 0 aromatic heterocycles. The van der Waals surface area contributed by atoms with Crippen LogP contribution in [0.25, 0.3) is 0 Å². The highest BCUT2D eigenvalue weighted by Gasteiger charge is 2.45. The van der Waals surface area contributed by atoms with Gasteiger partial charge in [0.05, 0.1) is 6.54 Å². The minimum absolute atomic E-state index is 0.221. The van der Waals surface area contributed by atoms with Gasteiger partial charge in [-0.15, -0.1) is 0 Å². The minimum Gasteiger partial charge on any atom is -0.487 e. The molecule has 4 heteroatoms. The molecule has 1 heterocycles. The summed E-state index contributed by atoms with van der Waals surface area (Å²) in [5.41, 5.74) is 3.42. The Morgan fingerprint density at radius 3 is 2.72 bits per heavy atom. The fourth-order valence-corrected chi connectivity index (χ4v) is 4.78. The number of carbonyl (C=O) groups excluding carboxylic acids is 1. The van der Waals surface area contributed by atoms with E-state index in [-0.39, 0.29) is 24.0 Å². The first-order valence-corrected chi connectivity index (χ1v) is 11.1. The van der Waals surface area contributed by atoms with Crippen LogP contribution in [0.1, 0.15) is 76.8 Å². The number of aryl methyl sites for hydroxylation is 1. The zero-order valence-electron chi connectivity index (χ0n) is 19.0. The third-order valence-corrected chi connectivity index (χ3v) is 6.25. The summed E-state index contributed by atoms with van der Waals surface area (Å²) in [4.78, 5) is 14.4. The number of nitrogens with zero attached hydrogens (tertiary/aromatic N) is 1. The minimum atomic E-state index is -0.234. The standard InChI is InChI=1S/C25H37NO3/c1-7-8-9-10-18-14-21(28-23(27)16-26(5)6)24-19-13-17(2)11-12-20(19)25(3,4)29-22(24)15-18/h13-15,19-20H,7-12,16H2,1-6H3/t19?,20-/m0/s1. The van der Waals surface area contributed by atoms with Crippen molar-refractivity contribution in [2.45, 2.75) is 77.7 Å². The van der Waals surface area contributed by atoms with Crippen LogP contribution >= 0.6 is 0 Å². The van der Waals surface area contributed by atoms with Gasteiger partial charge in [0.25, 0.3) is 0 Å². The predicted octanol–water partition coefficient (Wildman–Crippen LogP) is 5.50. The Kier molecular flexibility index (Phi) is 6.72. The molecule has 29 heavy (non-hydrogen) atoms. The molecule has 1 unspecified atom stereocenters. The van der Waals surface area contributed by atoms with Crippen LogP contribution in [-0.4, -0.2) is 37.1 Å². The van der Waals surface area contributed by atoms with Crippen molar-refractivity contribution in [3.8, 4) is 11.5 Å². The molecule has 3 rings (SSSR count). The third-order valence-electron chi connectivity index (χ3n) is 6.25. The molecule has 0 bridgehead atoms. The lowest BCUT2D eigenvalue weighted by molar-refractivity contribution is -0.135. The summed E-state index contributed by atoms with van der Waals surface area (Å²) in [6.45, 7) is 9.08. The largest absolute Gasteiger partial charge is 0.487 e. The van der Waals surface area contributed by atoms with Gasteiger partial charge in [-0.05, 0) is 78.2 Å². The fourth-order valence-electron chi connectivity index (χ4n) is 4.78. The van der Waals surface area contributed by atoms with E-state index in [0.29, 0.717) is 11.7 Å². The molecular formula is C25H37NO3. The summed E-state index contributed by atoms with van der Waals surface area (Å²) in [5, 5.41) is 0. The topological polar surface area (TPSA) is 38.8 Å². The number of allylic oxidation sites excluding steroid dienone is 2. The molecule has 0 spiro atoms.